The quantitative estimate of drug-likeness (QED) is 0.415. The molecule has 1 heterocycles. The minimum atomic E-state index is -0.796. The molecule has 0 saturated heterocycles. The SMILES string of the molecule is CCC[C@@H]1NC(=O)[C@@H](C(C)C)NC(=O)[C@@H](Cc2ccc(O)cc2)NCCc2ccccc2/C=C/CNC1=O. The number of carbonyl (C=O) groups excluding carboxylic acids is 3. The minimum Gasteiger partial charge on any atom is -0.508 e. The summed E-state index contributed by atoms with van der Waals surface area (Å²) in [6.45, 7) is 6.59. The van der Waals surface area contributed by atoms with Crippen molar-refractivity contribution in [2.75, 3.05) is 13.1 Å². The van der Waals surface area contributed by atoms with E-state index in [4.69, 9.17) is 0 Å². The number of phenolic OH excluding ortho intramolecular Hbond substituents is 1. The Labute approximate surface area is 225 Å². The molecule has 3 atom stereocenters. The average molecular weight is 521 g/mol. The van der Waals surface area contributed by atoms with Crippen LogP contribution in [0.1, 0.15) is 50.3 Å². The molecule has 2 aromatic carbocycles. The van der Waals surface area contributed by atoms with E-state index in [2.05, 4.69) is 27.3 Å². The number of hydrogen-bond acceptors (Lipinski definition) is 5. The maximum atomic E-state index is 13.5. The van der Waals surface area contributed by atoms with Gasteiger partial charge in [0.1, 0.15) is 17.8 Å². The van der Waals surface area contributed by atoms with Gasteiger partial charge in [0, 0.05) is 6.54 Å². The Balaban J connectivity index is 1.91. The van der Waals surface area contributed by atoms with Gasteiger partial charge in [-0.15, -0.1) is 0 Å². The van der Waals surface area contributed by atoms with Crippen molar-refractivity contribution in [1.29, 1.82) is 0 Å². The zero-order chi connectivity index (χ0) is 27.5. The smallest absolute Gasteiger partial charge is 0.243 e. The molecule has 2 aromatic rings. The summed E-state index contributed by atoms with van der Waals surface area (Å²) < 4.78 is 0. The van der Waals surface area contributed by atoms with Crippen LogP contribution in [0.15, 0.2) is 54.6 Å². The van der Waals surface area contributed by atoms with E-state index in [0.717, 1.165) is 23.1 Å². The third kappa shape index (κ3) is 8.45. The summed E-state index contributed by atoms with van der Waals surface area (Å²) in [7, 11) is 0. The van der Waals surface area contributed by atoms with Crippen LogP contribution in [-0.2, 0) is 27.2 Å². The Kier molecular flexibility index (Phi) is 10.9. The fourth-order valence-electron chi connectivity index (χ4n) is 4.51. The van der Waals surface area contributed by atoms with Crippen molar-refractivity contribution in [3.05, 3.63) is 71.3 Å². The van der Waals surface area contributed by atoms with E-state index in [-0.39, 0.29) is 29.4 Å². The van der Waals surface area contributed by atoms with Crippen molar-refractivity contribution >= 4 is 23.8 Å². The molecule has 0 radical (unpaired) electrons. The Morgan fingerprint density at radius 3 is 2.37 bits per heavy atom. The molecule has 8 heteroatoms. The maximum Gasteiger partial charge on any atom is 0.243 e. The molecule has 0 saturated carbocycles. The normalized spacial score (nSPS) is 22.5. The van der Waals surface area contributed by atoms with Crippen LogP contribution in [0, 0.1) is 5.92 Å². The largest absolute Gasteiger partial charge is 0.508 e. The first-order chi connectivity index (χ1) is 18.3. The zero-order valence-corrected chi connectivity index (χ0v) is 22.5. The summed E-state index contributed by atoms with van der Waals surface area (Å²) in [6, 6.07) is 12.7. The fourth-order valence-corrected chi connectivity index (χ4v) is 4.51. The van der Waals surface area contributed by atoms with E-state index in [1.807, 2.05) is 51.1 Å². The average Bonchev–Trinajstić information content (AvgIpc) is 2.89. The van der Waals surface area contributed by atoms with E-state index in [0.29, 0.717) is 32.4 Å². The molecule has 0 fully saturated rings. The van der Waals surface area contributed by atoms with Crippen LogP contribution in [0.2, 0.25) is 0 Å². The lowest BCUT2D eigenvalue weighted by Crippen LogP contribution is -2.58. The van der Waals surface area contributed by atoms with Crippen LogP contribution in [-0.4, -0.2) is 54.0 Å². The zero-order valence-electron chi connectivity index (χ0n) is 22.5. The highest BCUT2D eigenvalue weighted by Gasteiger charge is 2.30. The number of phenols is 1. The monoisotopic (exact) mass is 520 g/mol. The van der Waals surface area contributed by atoms with Crippen molar-refractivity contribution < 1.29 is 19.5 Å². The molecule has 1 aliphatic rings. The Morgan fingerprint density at radius 1 is 0.921 bits per heavy atom. The molecular weight excluding hydrogens is 480 g/mol. The lowest BCUT2D eigenvalue weighted by atomic mass is 9.99. The third-order valence-electron chi connectivity index (χ3n) is 6.68. The molecule has 0 aliphatic carbocycles. The summed E-state index contributed by atoms with van der Waals surface area (Å²) in [5.41, 5.74) is 3.05. The van der Waals surface area contributed by atoms with Gasteiger partial charge in [-0.05, 0) is 60.5 Å². The van der Waals surface area contributed by atoms with Crippen molar-refractivity contribution in [3.63, 3.8) is 0 Å². The van der Waals surface area contributed by atoms with E-state index < -0.39 is 18.1 Å². The second-order valence-electron chi connectivity index (χ2n) is 10.1. The van der Waals surface area contributed by atoms with E-state index >= 15 is 0 Å². The third-order valence-corrected chi connectivity index (χ3v) is 6.68. The highest BCUT2D eigenvalue weighted by molar-refractivity contribution is 5.93. The van der Waals surface area contributed by atoms with Crippen molar-refractivity contribution in [2.24, 2.45) is 5.92 Å². The van der Waals surface area contributed by atoms with Gasteiger partial charge >= 0.3 is 0 Å². The number of rotatable bonds is 5. The number of fused-ring (bicyclic) bond motifs is 1. The van der Waals surface area contributed by atoms with Gasteiger partial charge in [-0.3, -0.25) is 14.4 Å². The standard InChI is InChI=1S/C30H40N4O4/c1-4-8-25-28(36)32-17-7-11-22-9-5-6-10-23(22)16-18-31-26(19-21-12-14-24(35)15-13-21)29(37)34-27(20(2)3)30(38)33-25/h5-7,9-15,20,25-27,31,35H,4,8,16-19H2,1-3H3,(H,32,36)(H,33,38)(H,34,37)/b11-7+/t25-,26+,27+/m0/s1. The summed E-state index contributed by atoms with van der Waals surface area (Å²) >= 11 is 0. The van der Waals surface area contributed by atoms with Gasteiger partial charge in [0.05, 0.1) is 6.04 Å². The molecule has 5 N–H and O–H groups in total. The van der Waals surface area contributed by atoms with Gasteiger partial charge in [-0.25, -0.2) is 0 Å². The van der Waals surface area contributed by atoms with Crippen molar-refractivity contribution in [1.82, 2.24) is 21.3 Å². The van der Waals surface area contributed by atoms with Gasteiger partial charge in [0.2, 0.25) is 17.7 Å². The van der Waals surface area contributed by atoms with Gasteiger partial charge in [-0.2, -0.15) is 0 Å². The highest BCUT2D eigenvalue weighted by Crippen LogP contribution is 2.14. The molecule has 3 amide bonds. The molecule has 38 heavy (non-hydrogen) atoms. The lowest BCUT2D eigenvalue weighted by molar-refractivity contribution is -0.133. The molecule has 8 nitrogen and oxygen atoms in total. The first-order valence-electron chi connectivity index (χ1n) is 13.4. The van der Waals surface area contributed by atoms with E-state index in [1.165, 1.54) is 0 Å². The molecule has 3 rings (SSSR count). The van der Waals surface area contributed by atoms with Crippen LogP contribution >= 0.6 is 0 Å². The molecule has 0 unspecified atom stereocenters. The maximum absolute atomic E-state index is 13.5. The molecular formula is C30H40N4O4. The summed E-state index contributed by atoms with van der Waals surface area (Å²) in [5, 5.41) is 21.7. The second-order valence-corrected chi connectivity index (χ2v) is 10.1. The van der Waals surface area contributed by atoms with Gasteiger partial charge in [0.25, 0.3) is 0 Å². The molecule has 0 bridgehead atoms. The summed E-state index contributed by atoms with van der Waals surface area (Å²) in [4.78, 5) is 39.7. The molecule has 0 spiro atoms. The minimum absolute atomic E-state index is 0.159. The summed E-state index contributed by atoms with van der Waals surface area (Å²) in [6.07, 6.45) is 6.19. The van der Waals surface area contributed by atoms with Crippen LogP contribution in [0.4, 0.5) is 0 Å². The number of amides is 3. The summed E-state index contributed by atoms with van der Waals surface area (Å²) in [5.74, 6) is -0.941. The Hall–Kier alpha value is -3.65. The van der Waals surface area contributed by atoms with E-state index in [9.17, 15) is 19.5 Å². The Morgan fingerprint density at radius 2 is 1.66 bits per heavy atom. The number of aromatic hydroxyl groups is 1. The van der Waals surface area contributed by atoms with Crippen LogP contribution < -0.4 is 21.3 Å². The van der Waals surface area contributed by atoms with Gasteiger partial charge in [0.15, 0.2) is 0 Å². The van der Waals surface area contributed by atoms with Crippen LogP contribution in [0.25, 0.3) is 6.08 Å². The van der Waals surface area contributed by atoms with Crippen molar-refractivity contribution in [3.8, 4) is 5.75 Å². The van der Waals surface area contributed by atoms with E-state index in [1.54, 1.807) is 24.3 Å². The first-order valence-corrected chi connectivity index (χ1v) is 13.4. The number of nitrogens with one attached hydrogen (secondary N) is 4. The Bertz CT molecular complexity index is 1110. The molecule has 0 aromatic heterocycles. The fraction of sp³-hybridized carbons (Fsp3) is 0.433. The predicted octanol–water partition coefficient (Wildman–Crippen LogP) is 2.70. The molecule has 1 aliphatic heterocycles. The van der Waals surface area contributed by atoms with Crippen molar-refractivity contribution in [2.45, 2.75) is 64.6 Å². The van der Waals surface area contributed by atoms with Gasteiger partial charge in [-0.1, -0.05) is 75.7 Å². The van der Waals surface area contributed by atoms with Gasteiger partial charge < -0.3 is 26.4 Å². The molecule has 204 valence electrons. The lowest BCUT2D eigenvalue weighted by Gasteiger charge is -2.27. The number of hydrogen-bond donors (Lipinski definition) is 5. The highest BCUT2D eigenvalue weighted by atomic mass is 16.3. The second kappa shape index (κ2) is 14.3. The topological polar surface area (TPSA) is 120 Å². The predicted molar refractivity (Wildman–Crippen MR) is 149 cm³/mol. The van der Waals surface area contributed by atoms with Crippen LogP contribution in [0.5, 0.6) is 5.75 Å². The number of benzene rings is 2. The van der Waals surface area contributed by atoms with Crippen LogP contribution in [0.3, 0.4) is 0 Å². The number of carbonyl (C=O) groups is 3. The first kappa shape index (κ1) is 28.9.